The molecule has 0 aromatic heterocycles. The number of hydrogen-bond donors (Lipinski definition) is 4. The van der Waals surface area contributed by atoms with Crippen LogP contribution in [0.25, 0.3) is 0 Å². The summed E-state index contributed by atoms with van der Waals surface area (Å²) in [6.45, 7) is 7.04. The molecule has 0 saturated heterocycles. The fourth-order valence-electron chi connectivity index (χ4n) is 0.669. The molecular weight excluding hydrogens is 184 g/mol. The molecule has 5 N–H and O–H groups in total. The Labute approximate surface area is 84.3 Å². The summed E-state index contributed by atoms with van der Waals surface area (Å²) >= 11 is 0. The van der Waals surface area contributed by atoms with Crippen LogP contribution in [0, 0.1) is 0 Å². The molecule has 1 atom stereocenters. The summed E-state index contributed by atoms with van der Waals surface area (Å²) in [5, 5.41) is 21.2. The normalized spacial score (nSPS) is 15.3. The molecule has 0 spiro atoms. The first-order chi connectivity index (χ1) is 6.08. The van der Waals surface area contributed by atoms with Crippen molar-refractivity contribution in [1.29, 1.82) is 0 Å². The highest BCUT2D eigenvalue weighted by Gasteiger charge is 2.35. The summed E-state index contributed by atoms with van der Waals surface area (Å²) in [4.78, 5) is 10.4. The van der Waals surface area contributed by atoms with Crippen molar-refractivity contribution in [2.75, 3.05) is 6.54 Å². The van der Waals surface area contributed by atoms with Gasteiger partial charge in [-0.3, -0.25) is 4.79 Å². The SMILES string of the molecule is CC(C)(O)C(C)(C)NCC(N)C(=O)O. The van der Waals surface area contributed by atoms with Crippen LogP contribution in [0.4, 0.5) is 0 Å². The first-order valence-electron chi connectivity index (χ1n) is 4.54. The van der Waals surface area contributed by atoms with Crippen molar-refractivity contribution in [2.24, 2.45) is 5.73 Å². The first-order valence-corrected chi connectivity index (χ1v) is 4.54. The van der Waals surface area contributed by atoms with E-state index in [-0.39, 0.29) is 6.54 Å². The highest BCUT2D eigenvalue weighted by atomic mass is 16.4. The quantitative estimate of drug-likeness (QED) is 0.486. The van der Waals surface area contributed by atoms with E-state index in [9.17, 15) is 9.90 Å². The van der Waals surface area contributed by atoms with Gasteiger partial charge < -0.3 is 21.3 Å². The van der Waals surface area contributed by atoms with Gasteiger partial charge in [0, 0.05) is 12.1 Å². The molecule has 5 nitrogen and oxygen atoms in total. The lowest BCUT2D eigenvalue weighted by molar-refractivity contribution is -0.138. The Morgan fingerprint density at radius 3 is 2.14 bits per heavy atom. The van der Waals surface area contributed by atoms with E-state index in [0.29, 0.717) is 0 Å². The van der Waals surface area contributed by atoms with Gasteiger partial charge >= 0.3 is 5.97 Å². The number of hydrogen-bond acceptors (Lipinski definition) is 4. The number of rotatable bonds is 5. The van der Waals surface area contributed by atoms with E-state index in [1.807, 2.05) is 0 Å². The number of carbonyl (C=O) groups is 1. The van der Waals surface area contributed by atoms with Gasteiger partial charge in [-0.1, -0.05) is 0 Å². The highest BCUT2D eigenvalue weighted by molar-refractivity contribution is 5.73. The molecule has 0 bridgehead atoms. The van der Waals surface area contributed by atoms with Crippen LogP contribution in [-0.4, -0.2) is 39.9 Å². The molecule has 0 fully saturated rings. The Morgan fingerprint density at radius 2 is 1.86 bits per heavy atom. The number of aliphatic carboxylic acids is 1. The van der Waals surface area contributed by atoms with Crippen LogP contribution < -0.4 is 11.1 Å². The number of nitrogens with two attached hydrogens (primary N) is 1. The second-order valence-electron chi connectivity index (χ2n) is 4.51. The van der Waals surface area contributed by atoms with Gasteiger partial charge in [0.2, 0.25) is 0 Å². The molecular formula is C9H20N2O3. The zero-order chi connectivity index (χ0) is 11.6. The van der Waals surface area contributed by atoms with Gasteiger partial charge in [-0.05, 0) is 27.7 Å². The maximum absolute atomic E-state index is 10.4. The monoisotopic (exact) mass is 204 g/mol. The molecule has 1 unspecified atom stereocenters. The van der Waals surface area contributed by atoms with Crippen molar-refractivity contribution in [3.8, 4) is 0 Å². The first kappa shape index (κ1) is 13.4. The Bertz CT molecular complexity index is 209. The summed E-state index contributed by atoms with van der Waals surface area (Å²) in [6.07, 6.45) is 0. The molecule has 0 aromatic rings. The van der Waals surface area contributed by atoms with Crippen molar-refractivity contribution < 1.29 is 15.0 Å². The predicted octanol–water partition coefficient (Wildman–Crippen LogP) is -0.463. The maximum atomic E-state index is 10.4. The minimum atomic E-state index is -1.05. The van der Waals surface area contributed by atoms with Crippen LogP contribution in [0.15, 0.2) is 0 Å². The van der Waals surface area contributed by atoms with Gasteiger partial charge in [0.1, 0.15) is 6.04 Å². The lowest BCUT2D eigenvalue weighted by atomic mass is 9.86. The number of nitrogens with one attached hydrogen (secondary N) is 1. The zero-order valence-electron chi connectivity index (χ0n) is 9.16. The standard InChI is InChI=1S/C9H20N2O3/c1-8(2,9(3,4)14)11-5-6(10)7(12)13/h6,11,14H,5,10H2,1-4H3,(H,12,13). The molecule has 84 valence electrons. The lowest BCUT2D eigenvalue weighted by Gasteiger charge is -2.38. The van der Waals surface area contributed by atoms with E-state index >= 15 is 0 Å². The third-order valence-corrected chi connectivity index (χ3v) is 2.61. The highest BCUT2D eigenvalue weighted by Crippen LogP contribution is 2.19. The van der Waals surface area contributed by atoms with Crippen LogP contribution in [0.1, 0.15) is 27.7 Å². The summed E-state index contributed by atoms with van der Waals surface area (Å²) < 4.78 is 0. The van der Waals surface area contributed by atoms with Gasteiger partial charge in [0.25, 0.3) is 0 Å². The van der Waals surface area contributed by atoms with Gasteiger partial charge in [0.05, 0.1) is 5.60 Å². The van der Waals surface area contributed by atoms with Crippen molar-refractivity contribution in [3.63, 3.8) is 0 Å². The Hall–Kier alpha value is -0.650. The number of carboxylic acids is 1. The van der Waals surface area contributed by atoms with Crippen molar-refractivity contribution in [2.45, 2.75) is 44.9 Å². The summed E-state index contributed by atoms with van der Waals surface area (Å²) in [5.41, 5.74) is 3.80. The summed E-state index contributed by atoms with van der Waals surface area (Å²) in [6, 6.07) is -0.948. The summed E-state index contributed by atoms with van der Waals surface area (Å²) in [5.74, 6) is -1.05. The minimum absolute atomic E-state index is 0.131. The average Bonchev–Trinajstić information content (AvgIpc) is 1.97. The zero-order valence-corrected chi connectivity index (χ0v) is 9.16. The maximum Gasteiger partial charge on any atom is 0.321 e. The van der Waals surface area contributed by atoms with E-state index in [1.54, 1.807) is 27.7 Å². The molecule has 0 aliphatic rings. The molecule has 5 heteroatoms. The fourth-order valence-corrected chi connectivity index (χ4v) is 0.669. The smallest absolute Gasteiger partial charge is 0.321 e. The molecule has 0 aliphatic carbocycles. The lowest BCUT2D eigenvalue weighted by Crippen LogP contribution is -2.58. The molecule has 0 aliphatic heterocycles. The molecule has 0 rings (SSSR count). The number of aliphatic hydroxyl groups is 1. The van der Waals surface area contributed by atoms with Crippen molar-refractivity contribution in [3.05, 3.63) is 0 Å². The third-order valence-electron chi connectivity index (χ3n) is 2.61. The van der Waals surface area contributed by atoms with Crippen molar-refractivity contribution in [1.82, 2.24) is 5.32 Å². The molecule has 0 aromatic carbocycles. The van der Waals surface area contributed by atoms with Crippen LogP contribution in [0.5, 0.6) is 0 Å². The second-order valence-corrected chi connectivity index (χ2v) is 4.51. The third kappa shape index (κ3) is 3.61. The number of carboxylic acid groups (broad SMARTS) is 1. The second kappa shape index (κ2) is 4.25. The van der Waals surface area contributed by atoms with Crippen LogP contribution in [-0.2, 0) is 4.79 Å². The van der Waals surface area contributed by atoms with Gasteiger partial charge in [-0.2, -0.15) is 0 Å². The molecule has 0 saturated carbocycles. The molecule has 14 heavy (non-hydrogen) atoms. The van der Waals surface area contributed by atoms with Crippen LogP contribution in [0.2, 0.25) is 0 Å². The topological polar surface area (TPSA) is 95.6 Å². The van der Waals surface area contributed by atoms with E-state index in [2.05, 4.69) is 5.32 Å². The minimum Gasteiger partial charge on any atom is -0.480 e. The van der Waals surface area contributed by atoms with E-state index in [0.717, 1.165) is 0 Å². The Kier molecular flexibility index (Phi) is 4.05. The summed E-state index contributed by atoms with van der Waals surface area (Å²) in [7, 11) is 0. The Morgan fingerprint density at radius 1 is 1.43 bits per heavy atom. The largest absolute Gasteiger partial charge is 0.480 e. The molecule has 0 amide bonds. The van der Waals surface area contributed by atoms with Crippen LogP contribution >= 0.6 is 0 Å². The van der Waals surface area contributed by atoms with Gasteiger partial charge in [-0.25, -0.2) is 0 Å². The van der Waals surface area contributed by atoms with Gasteiger partial charge in [0.15, 0.2) is 0 Å². The van der Waals surface area contributed by atoms with E-state index in [1.165, 1.54) is 0 Å². The van der Waals surface area contributed by atoms with Crippen LogP contribution in [0.3, 0.4) is 0 Å². The van der Waals surface area contributed by atoms with Crippen molar-refractivity contribution >= 4 is 5.97 Å². The molecule has 0 radical (unpaired) electrons. The molecule has 0 heterocycles. The van der Waals surface area contributed by atoms with Gasteiger partial charge in [-0.15, -0.1) is 0 Å². The Balaban J connectivity index is 4.20. The van der Waals surface area contributed by atoms with E-state index < -0.39 is 23.2 Å². The average molecular weight is 204 g/mol. The van der Waals surface area contributed by atoms with E-state index in [4.69, 9.17) is 10.8 Å². The fraction of sp³-hybridized carbons (Fsp3) is 0.889. The predicted molar refractivity (Wildman–Crippen MR) is 54.0 cm³/mol.